The maximum absolute atomic E-state index is 12.3. The number of hydrogen-bond acceptors (Lipinski definition) is 2. The van der Waals surface area contributed by atoms with Crippen LogP contribution in [0, 0.1) is 11.3 Å². The molecule has 5 heteroatoms. The summed E-state index contributed by atoms with van der Waals surface area (Å²) in [4.78, 5) is 0. The van der Waals surface area contributed by atoms with Crippen LogP contribution >= 0.6 is 0 Å². The Morgan fingerprint density at radius 1 is 1.31 bits per heavy atom. The highest BCUT2D eigenvalue weighted by molar-refractivity contribution is 5.29. The first-order chi connectivity index (χ1) is 7.49. The summed E-state index contributed by atoms with van der Waals surface area (Å²) < 4.78 is 36.8. The van der Waals surface area contributed by atoms with E-state index in [9.17, 15) is 13.2 Å². The highest BCUT2D eigenvalue weighted by Gasteiger charge is 2.30. The zero-order chi connectivity index (χ0) is 12.2. The lowest BCUT2D eigenvalue weighted by Gasteiger charge is -2.11. The van der Waals surface area contributed by atoms with E-state index in [4.69, 9.17) is 5.26 Å². The van der Waals surface area contributed by atoms with Gasteiger partial charge in [-0.05, 0) is 24.2 Å². The van der Waals surface area contributed by atoms with Crippen LogP contribution < -0.4 is 5.32 Å². The first-order valence-corrected chi connectivity index (χ1v) is 4.79. The maximum Gasteiger partial charge on any atom is 0.416 e. The Morgan fingerprint density at radius 3 is 2.25 bits per heavy atom. The van der Waals surface area contributed by atoms with Crippen LogP contribution in [0.15, 0.2) is 24.3 Å². The molecule has 0 aliphatic rings. The summed E-state index contributed by atoms with van der Waals surface area (Å²) in [7, 11) is 0. The van der Waals surface area contributed by atoms with E-state index < -0.39 is 17.8 Å². The molecule has 1 aromatic rings. The summed E-state index contributed by atoms with van der Waals surface area (Å²) in [5.41, 5.74) is -0.165. The van der Waals surface area contributed by atoms with Gasteiger partial charge in [-0.1, -0.05) is 19.1 Å². The molecule has 1 atom stereocenters. The van der Waals surface area contributed by atoms with Crippen molar-refractivity contribution >= 4 is 0 Å². The summed E-state index contributed by atoms with van der Waals surface area (Å²) in [6, 6.07) is 6.03. The average molecular weight is 228 g/mol. The minimum Gasteiger partial charge on any atom is -0.298 e. The lowest BCUT2D eigenvalue weighted by Crippen LogP contribution is -2.19. The zero-order valence-corrected chi connectivity index (χ0v) is 8.67. The van der Waals surface area contributed by atoms with E-state index in [-0.39, 0.29) is 0 Å². The Hall–Kier alpha value is -1.54. The molecule has 0 radical (unpaired) electrons. The predicted octanol–water partition coefficient (Wildman–Crippen LogP) is 2.88. The molecule has 0 aliphatic heterocycles. The number of rotatable bonds is 3. The van der Waals surface area contributed by atoms with Crippen LogP contribution in [-0.2, 0) is 6.18 Å². The van der Waals surface area contributed by atoms with Crippen LogP contribution in [0.4, 0.5) is 13.2 Å². The molecule has 16 heavy (non-hydrogen) atoms. The van der Waals surface area contributed by atoms with Gasteiger partial charge in [0, 0.05) is 0 Å². The molecule has 86 valence electrons. The highest BCUT2D eigenvalue weighted by Crippen LogP contribution is 2.29. The molecule has 1 aromatic carbocycles. The molecular weight excluding hydrogens is 217 g/mol. The topological polar surface area (TPSA) is 35.8 Å². The molecular formula is C11H11F3N2. The molecule has 0 fully saturated rings. The smallest absolute Gasteiger partial charge is 0.298 e. The molecule has 1 rings (SSSR count). The normalized spacial score (nSPS) is 13.2. The number of hydrogen-bond donors (Lipinski definition) is 1. The van der Waals surface area contributed by atoms with Crippen molar-refractivity contribution in [3.63, 3.8) is 0 Å². The first-order valence-electron chi connectivity index (χ1n) is 4.79. The number of nitrogens with zero attached hydrogens (tertiary/aromatic N) is 1. The molecule has 0 heterocycles. The van der Waals surface area contributed by atoms with Gasteiger partial charge >= 0.3 is 6.18 Å². The van der Waals surface area contributed by atoms with Crippen molar-refractivity contribution in [1.29, 1.82) is 5.26 Å². The van der Waals surface area contributed by atoms with Crippen molar-refractivity contribution in [3.8, 4) is 6.07 Å². The van der Waals surface area contributed by atoms with Gasteiger partial charge in [0.25, 0.3) is 0 Å². The van der Waals surface area contributed by atoms with Crippen molar-refractivity contribution in [3.05, 3.63) is 35.4 Å². The van der Waals surface area contributed by atoms with E-state index in [1.54, 1.807) is 0 Å². The Morgan fingerprint density at radius 2 is 1.88 bits per heavy atom. The molecule has 0 aliphatic carbocycles. The molecule has 2 nitrogen and oxygen atoms in total. The predicted molar refractivity (Wildman–Crippen MR) is 53.5 cm³/mol. The van der Waals surface area contributed by atoms with Gasteiger partial charge in [-0.2, -0.15) is 18.4 Å². The summed E-state index contributed by atoms with van der Waals surface area (Å²) in [5.74, 6) is 0. The SMILES string of the molecule is CCNC(C#N)c1ccc(C(F)(F)F)cc1. The minimum atomic E-state index is -4.33. The molecule has 0 aromatic heterocycles. The Labute approximate surface area is 91.7 Å². The van der Waals surface area contributed by atoms with Crippen LogP contribution in [0.25, 0.3) is 0 Å². The molecule has 0 bridgehead atoms. The van der Waals surface area contributed by atoms with Gasteiger partial charge in [0.1, 0.15) is 6.04 Å². The summed E-state index contributed by atoms with van der Waals surface area (Å²) in [5, 5.41) is 11.7. The third kappa shape index (κ3) is 2.97. The largest absolute Gasteiger partial charge is 0.416 e. The number of alkyl halides is 3. The Balaban J connectivity index is 2.90. The van der Waals surface area contributed by atoms with Gasteiger partial charge in [-0.3, -0.25) is 5.32 Å². The fraction of sp³-hybridized carbons (Fsp3) is 0.364. The van der Waals surface area contributed by atoms with E-state index in [0.717, 1.165) is 12.1 Å². The third-order valence-corrected chi connectivity index (χ3v) is 2.11. The molecule has 0 saturated heterocycles. The van der Waals surface area contributed by atoms with E-state index in [1.807, 2.05) is 13.0 Å². The van der Waals surface area contributed by atoms with Crippen molar-refractivity contribution < 1.29 is 13.2 Å². The molecule has 1 N–H and O–H groups in total. The zero-order valence-electron chi connectivity index (χ0n) is 8.67. The Kier molecular flexibility index (Phi) is 3.91. The minimum absolute atomic E-state index is 0.539. The summed E-state index contributed by atoms with van der Waals surface area (Å²) in [6.45, 7) is 2.41. The van der Waals surface area contributed by atoms with Crippen LogP contribution in [0.1, 0.15) is 24.1 Å². The van der Waals surface area contributed by atoms with Crippen molar-refractivity contribution in [2.75, 3.05) is 6.54 Å². The molecule has 1 unspecified atom stereocenters. The lowest BCUT2D eigenvalue weighted by molar-refractivity contribution is -0.137. The second kappa shape index (κ2) is 4.99. The third-order valence-electron chi connectivity index (χ3n) is 2.11. The quantitative estimate of drug-likeness (QED) is 0.863. The fourth-order valence-electron chi connectivity index (χ4n) is 1.31. The number of nitriles is 1. The van der Waals surface area contributed by atoms with Gasteiger partial charge in [0.2, 0.25) is 0 Å². The fourth-order valence-corrected chi connectivity index (χ4v) is 1.31. The number of nitrogens with one attached hydrogen (secondary N) is 1. The van der Waals surface area contributed by atoms with Gasteiger partial charge in [-0.15, -0.1) is 0 Å². The number of benzene rings is 1. The van der Waals surface area contributed by atoms with Crippen LogP contribution in [-0.4, -0.2) is 6.54 Å². The first kappa shape index (κ1) is 12.5. The van der Waals surface area contributed by atoms with Crippen LogP contribution in [0.2, 0.25) is 0 Å². The average Bonchev–Trinajstić information content (AvgIpc) is 2.25. The second-order valence-electron chi connectivity index (χ2n) is 3.24. The maximum atomic E-state index is 12.3. The van der Waals surface area contributed by atoms with Gasteiger partial charge in [0.05, 0.1) is 11.6 Å². The standard InChI is InChI=1S/C11H11F3N2/c1-2-16-10(7-15)8-3-5-9(6-4-8)11(12,13)14/h3-6,10,16H,2H2,1H3. The molecule has 0 saturated carbocycles. The van der Waals surface area contributed by atoms with Crippen LogP contribution in [0.3, 0.4) is 0 Å². The van der Waals surface area contributed by atoms with Gasteiger partial charge in [-0.25, -0.2) is 0 Å². The number of halogens is 3. The van der Waals surface area contributed by atoms with Gasteiger partial charge < -0.3 is 0 Å². The van der Waals surface area contributed by atoms with Crippen molar-refractivity contribution in [2.45, 2.75) is 19.1 Å². The highest BCUT2D eigenvalue weighted by atomic mass is 19.4. The van der Waals surface area contributed by atoms with E-state index >= 15 is 0 Å². The van der Waals surface area contributed by atoms with Gasteiger partial charge in [0.15, 0.2) is 0 Å². The second-order valence-corrected chi connectivity index (χ2v) is 3.24. The molecule has 0 spiro atoms. The van der Waals surface area contributed by atoms with E-state index in [2.05, 4.69) is 5.32 Å². The lowest BCUT2D eigenvalue weighted by atomic mass is 10.1. The Bertz CT molecular complexity index is 376. The van der Waals surface area contributed by atoms with Crippen LogP contribution in [0.5, 0.6) is 0 Å². The molecule has 0 amide bonds. The summed E-state index contributed by atoms with van der Waals surface area (Å²) >= 11 is 0. The van der Waals surface area contributed by atoms with Crippen molar-refractivity contribution in [2.24, 2.45) is 0 Å². The summed E-state index contributed by atoms with van der Waals surface area (Å²) in [6.07, 6.45) is -4.33. The van der Waals surface area contributed by atoms with Crippen molar-refractivity contribution in [1.82, 2.24) is 5.32 Å². The van der Waals surface area contributed by atoms with E-state index in [1.165, 1.54) is 12.1 Å². The van der Waals surface area contributed by atoms with E-state index in [0.29, 0.717) is 12.1 Å². The monoisotopic (exact) mass is 228 g/mol.